The first kappa shape index (κ1) is 14.9. The first-order chi connectivity index (χ1) is 9.95. The molecule has 2 aromatic carbocycles. The van der Waals surface area contributed by atoms with Gasteiger partial charge in [0.1, 0.15) is 0 Å². The van der Waals surface area contributed by atoms with E-state index >= 15 is 0 Å². The van der Waals surface area contributed by atoms with Crippen molar-refractivity contribution in [2.75, 3.05) is 11.1 Å². The van der Waals surface area contributed by atoms with E-state index in [9.17, 15) is 9.59 Å². The van der Waals surface area contributed by atoms with Gasteiger partial charge in [0, 0.05) is 10.7 Å². The number of carboxylic acid groups (broad SMARTS) is 1. The molecule has 5 nitrogen and oxygen atoms in total. The van der Waals surface area contributed by atoms with Crippen LogP contribution in [0, 0.1) is 0 Å². The number of hydrogen-bond acceptors (Lipinski definition) is 3. The van der Waals surface area contributed by atoms with Gasteiger partial charge in [0.25, 0.3) is 0 Å². The Bertz CT molecular complexity index is 701. The molecule has 2 aromatic rings. The first-order valence-corrected chi connectivity index (χ1v) is 6.50. The van der Waals surface area contributed by atoms with Crippen molar-refractivity contribution < 1.29 is 14.7 Å². The summed E-state index contributed by atoms with van der Waals surface area (Å²) in [5, 5.41) is 12.2. The van der Waals surface area contributed by atoms with Crippen LogP contribution in [-0.2, 0) is 11.2 Å². The van der Waals surface area contributed by atoms with Gasteiger partial charge < -0.3 is 16.2 Å². The second-order valence-electron chi connectivity index (χ2n) is 4.47. The molecule has 0 heterocycles. The van der Waals surface area contributed by atoms with Gasteiger partial charge in [0.15, 0.2) is 0 Å². The zero-order valence-corrected chi connectivity index (χ0v) is 11.7. The Labute approximate surface area is 126 Å². The molecule has 4 N–H and O–H groups in total. The number of aromatic carboxylic acids is 1. The first-order valence-electron chi connectivity index (χ1n) is 6.13. The third-order valence-corrected chi connectivity index (χ3v) is 3.04. The lowest BCUT2D eigenvalue weighted by atomic mass is 10.1. The topological polar surface area (TPSA) is 92.4 Å². The fourth-order valence-electron chi connectivity index (χ4n) is 1.88. The summed E-state index contributed by atoms with van der Waals surface area (Å²) in [4.78, 5) is 23.1. The van der Waals surface area contributed by atoms with E-state index in [2.05, 4.69) is 5.32 Å². The van der Waals surface area contributed by atoms with Crippen LogP contribution in [-0.4, -0.2) is 17.0 Å². The van der Waals surface area contributed by atoms with Gasteiger partial charge in [-0.25, -0.2) is 4.79 Å². The Kier molecular flexibility index (Phi) is 4.45. The molecule has 2 rings (SSSR count). The zero-order valence-electron chi connectivity index (χ0n) is 11.0. The average Bonchev–Trinajstić information content (AvgIpc) is 2.38. The maximum atomic E-state index is 12.0. The van der Waals surface area contributed by atoms with Crippen molar-refractivity contribution in [2.45, 2.75) is 6.42 Å². The van der Waals surface area contributed by atoms with E-state index in [1.165, 1.54) is 18.2 Å². The van der Waals surface area contributed by atoms with Crippen molar-refractivity contribution in [3.05, 3.63) is 58.6 Å². The van der Waals surface area contributed by atoms with Crippen molar-refractivity contribution in [3.8, 4) is 0 Å². The number of amides is 1. The molecule has 0 bridgehead atoms. The van der Waals surface area contributed by atoms with E-state index in [4.69, 9.17) is 22.4 Å². The summed E-state index contributed by atoms with van der Waals surface area (Å²) in [7, 11) is 0. The predicted molar refractivity (Wildman–Crippen MR) is 81.6 cm³/mol. The quantitative estimate of drug-likeness (QED) is 0.757. The number of anilines is 2. The number of carbonyl (C=O) groups is 2. The fraction of sp³-hybridized carbons (Fsp3) is 0.0667. The van der Waals surface area contributed by atoms with Crippen LogP contribution in [0.25, 0.3) is 0 Å². The number of rotatable bonds is 4. The number of nitrogen functional groups attached to an aromatic ring is 1. The highest BCUT2D eigenvalue weighted by Crippen LogP contribution is 2.20. The third-order valence-electron chi connectivity index (χ3n) is 2.80. The van der Waals surface area contributed by atoms with Gasteiger partial charge in [0.2, 0.25) is 5.91 Å². The molecule has 21 heavy (non-hydrogen) atoms. The second-order valence-corrected chi connectivity index (χ2v) is 4.90. The van der Waals surface area contributed by atoms with Crippen LogP contribution in [0.15, 0.2) is 42.5 Å². The van der Waals surface area contributed by atoms with Gasteiger partial charge >= 0.3 is 5.97 Å². The molecule has 0 fully saturated rings. The van der Waals surface area contributed by atoms with Gasteiger partial charge in [-0.2, -0.15) is 0 Å². The van der Waals surface area contributed by atoms with Crippen LogP contribution < -0.4 is 11.1 Å². The van der Waals surface area contributed by atoms with Crippen LogP contribution in [0.3, 0.4) is 0 Å². The van der Waals surface area contributed by atoms with Crippen LogP contribution in [0.5, 0.6) is 0 Å². The highest BCUT2D eigenvalue weighted by Gasteiger charge is 2.13. The Hall–Kier alpha value is -2.53. The van der Waals surface area contributed by atoms with Crippen molar-refractivity contribution in [3.63, 3.8) is 0 Å². The molecule has 6 heteroatoms. The molecule has 0 aliphatic carbocycles. The molecular formula is C15H13ClN2O3. The molecule has 0 spiro atoms. The number of nitrogens with one attached hydrogen (secondary N) is 1. The van der Waals surface area contributed by atoms with Crippen molar-refractivity contribution in [2.24, 2.45) is 0 Å². The van der Waals surface area contributed by atoms with E-state index in [1.54, 1.807) is 24.3 Å². The molecule has 0 unspecified atom stereocenters. The second kappa shape index (κ2) is 6.28. The van der Waals surface area contributed by atoms with Crippen LogP contribution >= 0.6 is 11.6 Å². The van der Waals surface area contributed by atoms with Crippen LogP contribution in [0.4, 0.5) is 11.4 Å². The Balaban J connectivity index is 2.16. The Morgan fingerprint density at radius 2 is 1.95 bits per heavy atom. The largest absolute Gasteiger partial charge is 0.478 e. The number of halogens is 1. The van der Waals surface area contributed by atoms with E-state index < -0.39 is 5.97 Å². The molecule has 108 valence electrons. The van der Waals surface area contributed by atoms with E-state index in [0.717, 1.165) is 5.56 Å². The van der Waals surface area contributed by atoms with Crippen molar-refractivity contribution in [1.82, 2.24) is 0 Å². The predicted octanol–water partition coefficient (Wildman–Crippen LogP) is 2.80. The SMILES string of the molecule is Nc1ccc(C(=O)O)c(NC(=O)Cc2cccc(Cl)c2)c1. The van der Waals surface area contributed by atoms with E-state index in [0.29, 0.717) is 10.7 Å². The van der Waals surface area contributed by atoms with Crippen molar-refractivity contribution >= 4 is 34.9 Å². The molecular weight excluding hydrogens is 292 g/mol. The normalized spacial score (nSPS) is 10.1. The highest BCUT2D eigenvalue weighted by molar-refractivity contribution is 6.30. The summed E-state index contributed by atoms with van der Waals surface area (Å²) in [5.74, 6) is -1.47. The number of carbonyl (C=O) groups excluding carboxylic acids is 1. The average molecular weight is 305 g/mol. The number of nitrogens with two attached hydrogens (primary N) is 1. The van der Waals surface area contributed by atoms with E-state index in [1.807, 2.05) is 0 Å². The standard InChI is InChI=1S/C15H13ClN2O3/c16-10-3-1-2-9(6-10)7-14(19)18-13-8-11(17)4-5-12(13)15(20)21/h1-6,8H,7,17H2,(H,18,19)(H,20,21). The third kappa shape index (κ3) is 3.97. The lowest BCUT2D eigenvalue weighted by Gasteiger charge is -2.09. The fourth-order valence-corrected chi connectivity index (χ4v) is 2.09. The maximum Gasteiger partial charge on any atom is 0.337 e. The molecule has 0 atom stereocenters. The minimum absolute atomic E-state index is 0.0105. The lowest BCUT2D eigenvalue weighted by Crippen LogP contribution is -2.17. The summed E-state index contributed by atoms with van der Waals surface area (Å²) in [5.41, 5.74) is 6.89. The summed E-state index contributed by atoms with van der Waals surface area (Å²) in [6.07, 6.45) is 0.0917. The summed E-state index contributed by atoms with van der Waals surface area (Å²) < 4.78 is 0. The maximum absolute atomic E-state index is 12.0. The van der Waals surface area contributed by atoms with Crippen molar-refractivity contribution in [1.29, 1.82) is 0 Å². The number of benzene rings is 2. The minimum atomic E-state index is -1.13. The highest BCUT2D eigenvalue weighted by atomic mass is 35.5. The molecule has 0 radical (unpaired) electrons. The van der Waals surface area contributed by atoms with Gasteiger partial charge in [-0.3, -0.25) is 4.79 Å². The molecule has 0 saturated carbocycles. The number of carboxylic acids is 1. The van der Waals surface area contributed by atoms with Gasteiger partial charge in [-0.05, 0) is 35.9 Å². The zero-order chi connectivity index (χ0) is 15.4. The molecule has 0 aliphatic rings. The van der Waals surface area contributed by atoms with E-state index in [-0.39, 0.29) is 23.6 Å². The van der Waals surface area contributed by atoms with Gasteiger partial charge in [-0.1, -0.05) is 23.7 Å². The smallest absolute Gasteiger partial charge is 0.337 e. The Morgan fingerprint density at radius 3 is 2.62 bits per heavy atom. The molecule has 1 amide bonds. The lowest BCUT2D eigenvalue weighted by molar-refractivity contribution is -0.115. The van der Waals surface area contributed by atoms with Gasteiger partial charge in [0.05, 0.1) is 17.7 Å². The van der Waals surface area contributed by atoms with Gasteiger partial charge in [-0.15, -0.1) is 0 Å². The molecule has 0 saturated heterocycles. The summed E-state index contributed by atoms with van der Waals surface area (Å²) in [6, 6.07) is 11.1. The Morgan fingerprint density at radius 1 is 1.19 bits per heavy atom. The number of hydrogen-bond donors (Lipinski definition) is 3. The van der Waals surface area contributed by atoms with Crippen LogP contribution in [0.2, 0.25) is 5.02 Å². The summed E-state index contributed by atoms with van der Waals surface area (Å²) >= 11 is 5.85. The monoisotopic (exact) mass is 304 g/mol. The minimum Gasteiger partial charge on any atom is -0.478 e. The molecule has 0 aromatic heterocycles. The summed E-state index contributed by atoms with van der Waals surface area (Å²) in [6.45, 7) is 0. The molecule has 0 aliphatic heterocycles. The van der Waals surface area contributed by atoms with Crippen LogP contribution in [0.1, 0.15) is 15.9 Å².